The molecule has 0 radical (unpaired) electrons. The highest BCUT2D eigenvalue weighted by Gasteiger charge is 2.21. The van der Waals surface area contributed by atoms with Crippen LogP contribution >= 0.6 is 27.3 Å². The molecule has 1 aromatic heterocycles. The highest BCUT2D eigenvalue weighted by atomic mass is 79.9. The standard InChI is InChI=1S/C11H17BrN2OS/c12-9-6-11(16-8-9)10(7-15)14-4-1-2-13-3-5-14/h6,8,10,13,15H,1-5,7H2. The Kier molecular flexibility index (Phi) is 4.79. The lowest BCUT2D eigenvalue weighted by atomic mass is 10.2. The molecule has 0 saturated carbocycles. The lowest BCUT2D eigenvalue weighted by molar-refractivity contribution is 0.132. The molecule has 1 aliphatic heterocycles. The third-order valence-corrected chi connectivity index (χ3v) is 4.70. The monoisotopic (exact) mass is 304 g/mol. The van der Waals surface area contributed by atoms with Crippen LogP contribution in [-0.2, 0) is 0 Å². The van der Waals surface area contributed by atoms with Gasteiger partial charge in [-0.1, -0.05) is 0 Å². The Labute approximate surface area is 109 Å². The molecule has 5 heteroatoms. The van der Waals surface area contributed by atoms with Crippen LogP contribution in [0, 0.1) is 0 Å². The molecule has 90 valence electrons. The predicted octanol–water partition coefficient (Wildman–Crippen LogP) is 1.84. The van der Waals surface area contributed by atoms with E-state index in [9.17, 15) is 5.11 Å². The Bertz CT molecular complexity index is 324. The molecule has 16 heavy (non-hydrogen) atoms. The molecule has 1 unspecified atom stereocenters. The van der Waals surface area contributed by atoms with Crippen molar-refractivity contribution in [1.29, 1.82) is 0 Å². The summed E-state index contributed by atoms with van der Waals surface area (Å²) in [5.41, 5.74) is 0. The number of aliphatic hydroxyl groups excluding tert-OH is 1. The van der Waals surface area contributed by atoms with Crippen molar-refractivity contribution in [1.82, 2.24) is 10.2 Å². The summed E-state index contributed by atoms with van der Waals surface area (Å²) in [6.45, 7) is 4.38. The van der Waals surface area contributed by atoms with Gasteiger partial charge in [-0.2, -0.15) is 0 Å². The molecule has 0 amide bonds. The maximum atomic E-state index is 9.56. The number of hydrogen-bond donors (Lipinski definition) is 2. The van der Waals surface area contributed by atoms with Gasteiger partial charge in [0.05, 0.1) is 12.6 Å². The molecule has 1 aromatic rings. The minimum absolute atomic E-state index is 0.163. The summed E-state index contributed by atoms with van der Waals surface area (Å²) < 4.78 is 1.11. The molecule has 0 aliphatic carbocycles. The van der Waals surface area contributed by atoms with Crippen LogP contribution in [0.15, 0.2) is 15.9 Å². The number of thiophene rings is 1. The van der Waals surface area contributed by atoms with Gasteiger partial charge in [0.15, 0.2) is 0 Å². The van der Waals surface area contributed by atoms with Gasteiger partial charge in [0.25, 0.3) is 0 Å². The van der Waals surface area contributed by atoms with Crippen LogP contribution in [0.25, 0.3) is 0 Å². The third-order valence-electron chi connectivity index (χ3n) is 2.90. The molecular weight excluding hydrogens is 288 g/mol. The number of halogens is 1. The molecule has 1 fully saturated rings. The van der Waals surface area contributed by atoms with Crippen LogP contribution in [-0.4, -0.2) is 42.8 Å². The molecule has 0 bridgehead atoms. The fourth-order valence-electron chi connectivity index (χ4n) is 2.07. The van der Waals surface area contributed by atoms with Gasteiger partial charge in [0, 0.05) is 34.4 Å². The summed E-state index contributed by atoms with van der Waals surface area (Å²) in [6, 6.07) is 2.28. The summed E-state index contributed by atoms with van der Waals surface area (Å²) in [4.78, 5) is 3.62. The van der Waals surface area contributed by atoms with Crippen LogP contribution in [0.2, 0.25) is 0 Å². The van der Waals surface area contributed by atoms with E-state index < -0.39 is 0 Å². The third kappa shape index (κ3) is 3.05. The van der Waals surface area contributed by atoms with Gasteiger partial charge >= 0.3 is 0 Å². The summed E-state index contributed by atoms with van der Waals surface area (Å²) in [5.74, 6) is 0. The number of nitrogens with one attached hydrogen (secondary N) is 1. The van der Waals surface area contributed by atoms with E-state index >= 15 is 0 Å². The first-order chi connectivity index (χ1) is 7.81. The van der Waals surface area contributed by atoms with Crippen LogP contribution in [0.4, 0.5) is 0 Å². The van der Waals surface area contributed by atoms with Crippen LogP contribution in [0.5, 0.6) is 0 Å². The highest BCUT2D eigenvalue weighted by molar-refractivity contribution is 9.10. The number of nitrogens with zero attached hydrogens (tertiary/aromatic N) is 1. The van der Waals surface area contributed by atoms with Crippen molar-refractivity contribution in [2.45, 2.75) is 12.5 Å². The SMILES string of the molecule is OCC(c1cc(Br)cs1)N1CCCNCC1. The maximum absolute atomic E-state index is 9.56. The summed E-state index contributed by atoms with van der Waals surface area (Å²) >= 11 is 5.18. The first-order valence-corrected chi connectivity index (χ1v) is 7.28. The topological polar surface area (TPSA) is 35.5 Å². The molecule has 0 aromatic carbocycles. The first-order valence-electron chi connectivity index (χ1n) is 5.61. The minimum Gasteiger partial charge on any atom is -0.394 e. The quantitative estimate of drug-likeness (QED) is 0.894. The molecule has 2 N–H and O–H groups in total. The fourth-order valence-corrected chi connectivity index (χ4v) is 3.64. The molecule has 2 heterocycles. The van der Waals surface area contributed by atoms with Crippen molar-refractivity contribution in [3.05, 3.63) is 20.8 Å². The smallest absolute Gasteiger partial charge is 0.0675 e. The van der Waals surface area contributed by atoms with Gasteiger partial charge in [0.2, 0.25) is 0 Å². The number of rotatable bonds is 3. The van der Waals surface area contributed by atoms with Crippen molar-refractivity contribution in [3.63, 3.8) is 0 Å². The second kappa shape index (κ2) is 6.12. The van der Waals surface area contributed by atoms with E-state index in [1.807, 2.05) is 0 Å². The zero-order chi connectivity index (χ0) is 11.4. The number of aliphatic hydroxyl groups is 1. The lowest BCUT2D eigenvalue weighted by Gasteiger charge is -2.28. The maximum Gasteiger partial charge on any atom is 0.0675 e. The Morgan fingerprint density at radius 2 is 2.38 bits per heavy atom. The Morgan fingerprint density at radius 3 is 3.06 bits per heavy atom. The molecule has 3 nitrogen and oxygen atoms in total. The van der Waals surface area contributed by atoms with Crippen molar-refractivity contribution in [2.75, 3.05) is 32.8 Å². The van der Waals surface area contributed by atoms with Gasteiger partial charge < -0.3 is 10.4 Å². The van der Waals surface area contributed by atoms with E-state index in [4.69, 9.17) is 0 Å². The Balaban J connectivity index is 2.08. The zero-order valence-electron chi connectivity index (χ0n) is 9.16. The molecule has 0 spiro atoms. The highest BCUT2D eigenvalue weighted by Crippen LogP contribution is 2.29. The van der Waals surface area contributed by atoms with Crippen molar-refractivity contribution >= 4 is 27.3 Å². The van der Waals surface area contributed by atoms with Crippen LogP contribution < -0.4 is 5.32 Å². The Morgan fingerprint density at radius 1 is 1.50 bits per heavy atom. The van der Waals surface area contributed by atoms with E-state index in [0.717, 1.165) is 37.1 Å². The van der Waals surface area contributed by atoms with Gasteiger partial charge in [0.1, 0.15) is 0 Å². The van der Waals surface area contributed by atoms with Crippen molar-refractivity contribution < 1.29 is 5.11 Å². The molecule has 2 rings (SSSR count). The van der Waals surface area contributed by atoms with Crippen molar-refractivity contribution in [3.8, 4) is 0 Å². The molecule has 1 saturated heterocycles. The largest absolute Gasteiger partial charge is 0.394 e. The van der Waals surface area contributed by atoms with E-state index in [2.05, 4.69) is 37.6 Å². The van der Waals surface area contributed by atoms with Crippen LogP contribution in [0.1, 0.15) is 17.3 Å². The van der Waals surface area contributed by atoms with Crippen LogP contribution in [0.3, 0.4) is 0 Å². The van der Waals surface area contributed by atoms with E-state index in [1.54, 1.807) is 11.3 Å². The zero-order valence-corrected chi connectivity index (χ0v) is 11.6. The molecule has 1 atom stereocenters. The van der Waals surface area contributed by atoms with Gasteiger partial charge in [-0.15, -0.1) is 11.3 Å². The average molecular weight is 305 g/mol. The average Bonchev–Trinajstić information content (AvgIpc) is 2.55. The van der Waals surface area contributed by atoms with E-state index in [1.165, 1.54) is 4.88 Å². The Hall–Kier alpha value is 0.0600. The van der Waals surface area contributed by atoms with Gasteiger partial charge in [-0.3, -0.25) is 4.90 Å². The number of hydrogen-bond acceptors (Lipinski definition) is 4. The second-order valence-electron chi connectivity index (χ2n) is 4.01. The van der Waals surface area contributed by atoms with Gasteiger partial charge in [-0.05, 0) is 35.0 Å². The molecule has 1 aliphatic rings. The predicted molar refractivity (Wildman–Crippen MR) is 70.9 cm³/mol. The van der Waals surface area contributed by atoms with Crippen molar-refractivity contribution in [2.24, 2.45) is 0 Å². The summed E-state index contributed by atoms with van der Waals surface area (Å²) in [7, 11) is 0. The van der Waals surface area contributed by atoms with E-state index in [0.29, 0.717) is 0 Å². The lowest BCUT2D eigenvalue weighted by Crippen LogP contribution is -2.33. The van der Waals surface area contributed by atoms with E-state index in [-0.39, 0.29) is 12.6 Å². The summed E-state index contributed by atoms with van der Waals surface area (Å²) in [6.07, 6.45) is 1.16. The second-order valence-corrected chi connectivity index (χ2v) is 5.86. The summed E-state index contributed by atoms with van der Waals surface area (Å²) in [5, 5.41) is 15.0. The minimum atomic E-state index is 0.163. The van der Waals surface area contributed by atoms with Gasteiger partial charge in [-0.25, -0.2) is 0 Å². The normalized spacial score (nSPS) is 20.6. The fraction of sp³-hybridized carbons (Fsp3) is 0.636. The molecular formula is C11H17BrN2OS. The first kappa shape index (κ1) is 12.5.